The van der Waals surface area contributed by atoms with Crippen LogP contribution in [0.15, 0.2) is 48.6 Å². The molecule has 0 spiro atoms. The molecule has 0 N–H and O–H groups in total. The number of rotatable bonds is 6. The molecule has 0 nitrogen and oxygen atoms in total. The van der Waals surface area contributed by atoms with Crippen LogP contribution in [0.25, 0.3) is 6.08 Å². The van der Waals surface area contributed by atoms with Crippen LogP contribution < -0.4 is 0 Å². The van der Waals surface area contributed by atoms with Crippen molar-refractivity contribution in [2.24, 2.45) is 11.8 Å². The Hall–Kier alpha value is -1.74. The SMILES string of the molecule is C#CC[C@@H](C)/C=C/C[C@H](C)/C=C/c1ccccc1. The van der Waals surface area contributed by atoms with Crippen molar-refractivity contribution in [2.75, 3.05) is 0 Å². The Morgan fingerprint density at radius 2 is 1.83 bits per heavy atom. The number of hydrogen-bond donors (Lipinski definition) is 0. The highest BCUT2D eigenvalue weighted by Crippen LogP contribution is 2.11. The van der Waals surface area contributed by atoms with Gasteiger partial charge in [-0.2, -0.15) is 0 Å². The zero-order valence-corrected chi connectivity index (χ0v) is 11.3. The fourth-order valence-corrected chi connectivity index (χ4v) is 1.70. The molecule has 2 atom stereocenters. The van der Waals surface area contributed by atoms with E-state index in [1.165, 1.54) is 5.56 Å². The predicted octanol–water partition coefficient (Wildman–Crippen LogP) is 4.94. The van der Waals surface area contributed by atoms with Crippen molar-refractivity contribution < 1.29 is 0 Å². The fraction of sp³-hybridized carbons (Fsp3) is 0.333. The minimum Gasteiger partial charge on any atom is -0.120 e. The van der Waals surface area contributed by atoms with Crippen molar-refractivity contribution in [3.63, 3.8) is 0 Å². The maximum Gasteiger partial charge on any atom is 0.0146 e. The average Bonchev–Trinajstić information content (AvgIpc) is 2.38. The average molecular weight is 238 g/mol. The first-order valence-electron chi connectivity index (χ1n) is 6.55. The van der Waals surface area contributed by atoms with E-state index in [0.29, 0.717) is 11.8 Å². The second-order valence-corrected chi connectivity index (χ2v) is 4.80. The lowest BCUT2D eigenvalue weighted by atomic mass is 10.0. The predicted molar refractivity (Wildman–Crippen MR) is 81.0 cm³/mol. The van der Waals surface area contributed by atoms with E-state index in [1.54, 1.807) is 0 Å². The molecule has 0 aromatic heterocycles. The summed E-state index contributed by atoms with van der Waals surface area (Å²) in [6.45, 7) is 4.39. The van der Waals surface area contributed by atoms with Crippen LogP contribution >= 0.6 is 0 Å². The first-order chi connectivity index (χ1) is 8.72. The van der Waals surface area contributed by atoms with Crippen molar-refractivity contribution in [1.29, 1.82) is 0 Å². The molecule has 0 aliphatic heterocycles. The maximum absolute atomic E-state index is 5.28. The third-order valence-electron chi connectivity index (χ3n) is 2.83. The van der Waals surface area contributed by atoms with Crippen LogP contribution in [0.3, 0.4) is 0 Å². The molecule has 0 saturated heterocycles. The van der Waals surface area contributed by atoms with Crippen molar-refractivity contribution in [3.05, 3.63) is 54.1 Å². The molecular formula is C18H22. The molecule has 0 fully saturated rings. The van der Waals surface area contributed by atoms with E-state index in [1.807, 2.05) is 6.07 Å². The molecule has 0 heterocycles. The summed E-state index contributed by atoms with van der Waals surface area (Å²) in [5.74, 6) is 3.73. The standard InChI is InChI=1S/C18H22/c1-4-9-16(2)10-8-11-17(3)14-15-18-12-6-5-7-13-18/h1,5-8,10,12-17H,9,11H2,2-3H3/b10-8+,15-14+/t16-,17+/m1/s1. The first-order valence-corrected chi connectivity index (χ1v) is 6.55. The van der Waals surface area contributed by atoms with Crippen LogP contribution in [0.4, 0.5) is 0 Å². The van der Waals surface area contributed by atoms with E-state index < -0.39 is 0 Å². The summed E-state index contributed by atoms with van der Waals surface area (Å²) in [4.78, 5) is 0. The van der Waals surface area contributed by atoms with E-state index in [4.69, 9.17) is 6.42 Å². The van der Waals surface area contributed by atoms with Crippen LogP contribution in [-0.2, 0) is 0 Å². The quantitative estimate of drug-likeness (QED) is 0.486. The summed E-state index contributed by atoms with van der Waals surface area (Å²) in [5.41, 5.74) is 1.26. The lowest BCUT2D eigenvalue weighted by Crippen LogP contribution is -1.89. The summed E-state index contributed by atoms with van der Waals surface area (Å²) >= 11 is 0. The number of benzene rings is 1. The van der Waals surface area contributed by atoms with Gasteiger partial charge in [0.15, 0.2) is 0 Å². The molecule has 0 heteroatoms. The number of hydrogen-bond acceptors (Lipinski definition) is 0. The van der Waals surface area contributed by atoms with Gasteiger partial charge in [0.25, 0.3) is 0 Å². The third-order valence-corrected chi connectivity index (χ3v) is 2.83. The van der Waals surface area contributed by atoms with Crippen LogP contribution in [0.5, 0.6) is 0 Å². The molecule has 1 aromatic rings. The highest BCUT2D eigenvalue weighted by atomic mass is 14.0. The van der Waals surface area contributed by atoms with Gasteiger partial charge in [-0.1, -0.05) is 68.5 Å². The maximum atomic E-state index is 5.28. The molecule has 0 aliphatic carbocycles. The third kappa shape index (κ3) is 6.11. The van der Waals surface area contributed by atoms with Gasteiger partial charge >= 0.3 is 0 Å². The normalized spacial score (nSPS) is 14.7. The van der Waals surface area contributed by atoms with E-state index in [-0.39, 0.29) is 0 Å². The molecule has 0 aliphatic rings. The van der Waals surface area contributed by atoms with Gasteiger partial charge in [-0.3, -0.25) is 0 Å². The number of terminal acetylenes is 1. The van der Waals surface area contributed by atoms with Gasteiger partial charge in [-0.05, 0) is 23.8 Å². The van der Waals surface area contributed by atoms with Crippen molar-refractivity contribution >= 4 is 6.08 Å². The topological polar surface area (TPSA) is 0 Å². The molecule has 0 radical (unpaired) electrons. The van der Waals surface area contributed by atoms with E-state index in [2.05, 4.69) is 68.3 Å². The number of allylic oxidation sites excluding steroid dienone is 3. The van der Waals surface area contributed by atoms with Crippen LogP contribution in [-0.4, -0.2) is 0 Å². The van der Waals surface area contributed by atoms with Gasteiger partial charge in [-0.25, -0.2) is 0 Å². The first kappa shape index (κ1) is 14.3. The van der Waals surface area contributed by atoms with Crippen molar-refractivity contribution in [3.8, 4) is 12.3 Å². The minimum atomic E-state index is 0.486. The summed E-state index contributed by atoms with van der Waals surface area (Å²) in [6, 6.07) is 10.4. The van der Waals surface area contributed by atoms with Crippen LogP contribution in [0, 0.1) is 24.2 Å². The summed E-state index contributed by atoms with van der Waals surface area (Å²) < 4.78 is 0. The Bertz CT molecular complexity index is 417. The zero-order valence-electron chi connectivity index (χ0n) is 11.3. The Morgan fingerprint density at radius 3 is 2.50 bits per heavy atom. The summed E-state index contributed by atoms with van der Waals surface area (Å²) in [7, 11) is 0. The van der Waals surface area contributed by atoms with E-state index in [0.717, 1.165) is 12.8 Å². The second-order valence-electron chi connectivity index (χ2n) is 4.80. The van der Waals surface area contributed by atoms with Gasteiger partial charge in [0.2, 0.25) is 0 Å². The van der Waals surface area contributed by atoms with Crippen LogP contribution in [0.1, 0.15) is 32.3 Å². The van der Waals surface area contributed by atoms with Crippen molar-refractivity contribution in [1.82, 2.24) is 0 Å². The smallest absolute Gasteiger partial charge is 0.0146 e. The lowest BCUT2D eigenvalue weighted by molar-refractivity contribution is 0.720. The highest BCUT2D eigenvalue weighted by Gasteiger charge is 1.95. The van der Waals surface area contributed by atoms with Gasteiger partial charge in [0.1, 0.15) is 0 Å². The van der Waals surface area contributed by atoms with Gasteiger partial charge in [0.05, 0.1) is 0 Å². The van der Waals surface area contributed by atoms with Crippen molar-refractivity contribution in [2.45, 2.75) is 26.7 Å². The monoisotopic (exact) mass is 238 g/mol. The highest BCUT2D eigenvalue weighted by molar-refractivity contribution is 5.48. The van der Waals surface area contributed by atoms with E-state index >= 15 is 0 Å². The molecule has 0 unspecified atom stereocenters. The Morgan fingerprint density at radius 1 is 1.11 bits per heavy atom. The van der Waals surface area contributed by atoms with Crippen LogP contribution in [0.2, 0.25) is 0 Å². The molecular weight excluding hydrogens is 216 g/mol. The lowest BCUT2D eigenvalue weighted by Gasteiger charge is -2.03. The minimum absolute atomic E-state index is 0.486. The van der Waals surface area contributed by atoms with Gasteiger partial charge < -0.3 is 0 Å². The molecule has 18 heavy (non-hydrogen) atoms. The zero-order chi connectivity index (χ0) is 13.2. The molecule has 0 bridgehead atoms. The largest absolute Gasteiger partial charge is 0.120 e. The van der Waals surface area contributed by atoms with Gasteiger partial charge in [0, 0.05) is 6.42 Å². The summed E-state index contributed by atoms with van der Waals surface area (Å²) in [5, 5.41) is 0. The molecule has 1 rings (SSSR count). The molecule has 94 valence electrons. The molecule has 0 amide bonds. The Balaban J connectivity index is 2.36. The Kier molecular flexibility index (Phi) is 6.66. The molecule has 1 aromatic carbocycles. The second kappa shape index (κ2) is 8.37. The Labute approximate surface area is 111 Å². The van der Waals surface area contributed by atoms with E-state index in [9.17, 15) is 0 Å². The van der Waals surface area contributed by atoms with Gasteiger partial charge in [-0.15, -0.1) is 12.3 Å². The summed E-state index contributed by atoms with van der Waals surface area (Å²) in [6.07, 6.45) is 16.1. The molecule has 0 saturated carbocycles. The fourth-order valence-electron chi connectivity index (χ4n) is 1.70.